The molecule has 1 aliphatic carbocycles. The zero-order valence-corrected chi connectivity index (χ0v) is 23.4. The zero-order chi connectivity index (χ0) is 19.2. The predicted octanol–water partition coefficient (Wildman–Crippen LogP) is 0.553. The van der Waals surface area contributed by atoms with Gasteiger partial charge in [0.05, 0.1) is 0 Å². The monoisotopic (exact) mass is 550 g/mol. The number of benzene rings is 2. The molecule has 4 rings (SSSR count). The van der Waals surface area contributed by atoms with Crippen LogP contribution in [0.2, 0.25) is 11.5 Å². The van der Waals surface area contributed by atoms with Crippen molar-refractivity contribution in [2.75, 3.05) is 0 Å². The van der Waals surface area contributed by atoms with E-state index in [2.05, 4.69) is 99.0 Å². The first-order chi connectivity index (χ1) is 12.3. The third-order valence-electron chi connectivity index (χ3n) is 4.15. The van der Waals surface area contributed by atoms with Gasteiger partial charge in [-0.05, 0) is 6.42 Å². The first-order valence-electron chi connectivity index (χ1n) is 9.11. The minimum atomic E-state index is -0.243. The first kappa shape index (κ1) is 27.8. The van der Waals surface area contributed by atoms with Gasteiger partial charge in [-0.2, -0.15) is 53.6 Å². The van der Waals surface area contributed by atoms with Gasteiger partial charge in [-0.3, -0.25) is 0 Å². The van der Waals surface area contributed by atoms with Crippen molar-refractivity contribution in [2.45, 2.75) is 44.1 Å². The van der Waals surface area contributed by atoms with Gasteiger partial charge in [0.1, 0.15) is 0 Å². The smallest absolute Gasteiger partial charge is 0.0253 e. The molecule has 1 aliphatic rings. The van der Waals surface area contributed by atoms with Crippen molar-refractivity contribution in [3.63, 3.8) is 0 Å². The summed E-state index contributed by atoms with van der Waals surface area (Å²) in [6.45, 7) is 6.67. The first-order valence-corrected chi connectivity index (χ1v) is 20.7. The van der Waals surface area contributed by atoms with Crippen molar-refractivity contribution < 1.29 is 46.4 Å². The Hall–Kier alpha value is -0.204. The van der Waals surface area contributed by atoms with E-state index in [1.54, 1.807) is 21.6 Å². The maximum Gasteiger partial charge on any atom is -0.0253 e. The fraction of sp³-hybridized carbons (Fsp3) is 0.292. The maximum absolute atomic E-state index is 3.30. The number of halogens is 2. The molecule has 0 saturated carbocycles. The standard InChI is InChI=1S/C13H9.C9H13.C2H6Ge.2ClH.Zr/c1-3-7-12-10(5-1)9-11-6-2-4-8-13(11)12;1-9(2,3)8-6-4-5-7-8;1-3-2;;;/h1-5,7-8H,9H2;4-7H,1-3H3;1-2H3;2*1H;/q2*-1;;;;+2/p-2. The number of hydrogen-bond acceptors (Lipinski definition) is 0. The molecule has 0 unspecified atom stereocenters. The van der Waals surface area contributed by atoms with Gasteiger partial charge < -0.3 is 24.8 Å². The minimum Gasteiger partial charge on any atom is -1.00 e. The van der Waals surface area contributed by atoms with Crippen molar-refractivity contribution in [3.8, 4) is 11.1 Å². The second-order valence-electron chi connectivity index (χ2n) is 7.82. The van der Waals surface area contributed by atoms with Crippen molar-refractivity contribution in [1.82, 2.24) is 0 Å². The van der Waals surface area contributed by atoms with Gasteiger partial charge in [-0.1, -0.05) is 61.6 Å². The van der Waals surface area contributed by atoms with Crippen molar-refractivity contribution in [1.29, 1.82) is 0 Å². The molecule has 0 N–H and O–H groups in total. The van der Waals surface area contributed by atoms with E-state index in [0.29, 0.717) is 5.41 Å². The Balaban J connectivity index is 0.000000432. The fourth-order valence-electron chi connectivity index (χ4n) is 2.87. The molecule has 3 aromatic carbocycles. The third kappa shape index (κ3) is 8.66. The van der Waals surface area contributed by atoms with Crippen LogP contribution >= 0.6 is 0 Å². The SMILES string of the molecule is CC(C)(C)c1cc[cH-]c1.[CH3][Ge]([CH3])=[Zr+2].[Cl-].[Cl-].[c-]1cccc2c1Cc1ccccc1-2. The topological polar surface area (TPSA) is 0 Å². The molecule has 0 atom stereocenters. The summed E-state index contributed by atoms with van der Waals surface area (Å²) < 4.78 is 0. The molecule has 0 nitrogen and oxygen atoms in total. The molecular weight excluding hydrogens is 523 g/mol. The van der Waals surface area contributed by atoms with Crippen LogP contribution in [-0.2, 0) is 33.4 Å². The van der Waals surface area contributed by atoms with Gasteiger partial charge in [0.15, 0.2) is 0 Å². The molecule has 28 heavy (non-hydrogen) atoms. The zero-order valence-electron chi connectivity index (χ0n) is 17.3. The molecule has 0 bridgehead atoms. The van der Waals surface area contributed by atoms with E-state index in [1.165, 1.54) is 27.8 Å². The Bertz CT molecular complexity index is 802. The molecule has 0 saturated heterocycles. The van der Waals surface area contributed by atoms with Crippen LogP contribution in [0.5, 0.6) is 0 Å². The van der Waals surface area contributed by atoms with Gasteiger partial charge in [0.25, 0.3) is 0 Å². The summed E-state index contributed by atoms with van der Waals surface area (Å²) in [7, 11) is -0.243. The summed E-state index contributed by atoms with van der Waals surface area (Å²) in [5.41, 5.74) is 7.25. The molecule has 0 spiro atoms. The van der Waals surface area contributed by atoms with Crippen LogP contribution in [0, 0.1) is 6.07 Å². The largest absolute Gasteiger partial charge is 1.00 e. The average molecular weight is 551 g/mol. The molecule has 0 radical (unpaired) electrons. The quantitative estimate of drug-likeness (QED) is 0.222. The van der Waals surface area contributed by atoms with Crippen LogP contribution in [0.15, 0.2) is 66.7 Å². The van der Waals surface area contributed by atoms with Crippen LogP contribution in [0.25, 0.3) is 11.1 Å². The predicted molar refractivity (Wildman–Crippen MR) is 112 cm³/mol. The van der Waals surface area contributed by atoms with E-state index in [9.17, 15) is 0 Å². The normalized spacial score (nSPS) is 10.5. The Labute approximate surface area is 199 Å². The number of hydrogen-bond donors (Lipinski definition) is 0. The summed E-state index contributed by atoms with van der Waals surface area (Å²) in [6.07, 6.45) is 1.05. The molecule has 3 aromatic rings. The van der Waals surface area contributed by atoms with Crippen molar-refractivity contribution >= 4 is 9.98 Å². The minimum absolute atomic E-state index is 0. The molecule has 0 heterocycles. The van der Waals surface area contributed by atoms with Gasteiger partial charge in [0, 0.05) is 0 Å². The molecular formula is C24H28Cl2GeZr-2. The van der Waals surface area contributed by atoms with Gasteiger partial charge in [-0.15, -0.1) is 5.56 Å². The Morgan fingerprint density at radius 1 is 0.964 bits per heavy atom. The molecule has 0 fully saturated rings. The van der Waals surface area contributed by atoms with Crippen LogP contribution < -0.4 is 24.8 Å². The summed E-state index contributed by atoms with van der Waals surface area (Å²) in [6, 6.07) is 26.6. The second kappa shape index (κ2) is 13.2. The van der Waals surface area contributed by atoms with Crippen molar-refractivity contribution in [3.05, 3.63) is 89.5 Å². The van der Waals surface area contributed by atoms with Gasteiger partial charge in [0.2, 0.25) is 0 Å². The third-order valence-corrected chi connectivity index (χ3v) is 4.15. The summed E-state index contributed by atoms with van der Waals surface area (Å²) in [5, 5.41) is 0. The Kier molecular flexibility index (Phi) is 13.1. The molecule has 0 amide bonds. The maximum atomic E-state index is 3.30. The molecule has 0 aromatic heterocycles. The van der Waals surface area contributed by atoms with E-state index in [1.807, 2.05) is 6.07 Å². The number of fused-ring (bicyclic) bond motifs is 3. The summed E-state index contributed by atoms with van der Waals surface area (Å²) in [5.74, 6) is 4.75. The van der Waals surface area contributed by atoms with E-state index in [0.717, 1.165) is 6.42 Å². The second-order valence-corrected chi connectivity index (χ2v) is 24.8. The van der Waals surface area contributed by atoms with Gasteiger partial charge >= 0.3 is 43.1 Å². The summed E-state index contributed by atoms with van der Waals surface area (Å²) in [4.78, 5) is 0. The van der Waals surface area contributed by atoms with Gasteiger partial charge in [-0.25, -0.2) is 6.07 Å². The van der Waals surface area contributed by atoms with Crippen LogP contribution in [0.4, 0.5) is 0 Å². The molecule has 4 heteroatoms. The van der Waals surface area contributed by atoms with E-state index in [-0.39, 0.29) is 34.8 Å². The summed E-state index contributed by atoms with van der Waals surface area (Å²) >= 11 is 1.80. The van der Waals surface area contributed by atoms with E-state index < -0.39 is 0 Å². The van der Waals surface area contributed by atoms with Crippen molar-refractivity contribution in [2.24, 2.45) is 0 Å². The average Bonchev–Trinajstić information content (AvgIpc) is 3.22. The van der Waals surface area contributed by atoms with E-state index in [4.69, 9.17) is 0 Å². The van der Waals surface area contributed by atoms with Crippen LogP contribution in [-0.4, -0.2) is 9.98 Å². The molecule has 0 aliphatic heterocycles. The van der Waals surface area contributed by atoms with Crippen LogP contribution in [0.3, 0.4) is 0 Å². The van der Waals surface area contributed by atoms with E-state index >= 15 is 0 Å². The van der Waals surface area contributed by atoms with Crippen LogP contribution in [0.1, 0.15) is 37.5 Å². The Morgan fingerprint density at radius 2 is 1.57 bits per heavy atom. The Morgan fingerprint density at radius 3 is 2.11 bits per heavy atom. The number of rotatable bonds is 0. The fourth-order valence-corrected chi connectivity index (χ4v) is 2.87. The molecule has 148 valence electrons.